The largest absolute Gasteiger partial charge is 0.481 e. The van der Waals surface area contributed by atoms with E-state index in [0.717, 1.165) is 0 Å². The zero-order valence-electron chi connectivity index (χ0n) is 9.73. The zero-order chi connectivity index (χ0) is 13.7. The van der Waals surface area contributed by atoms with Crippen LogP contribution in [0.1, 0.15) is 18.0 Å². The first-order valence-corrected chi connectivity index (χ1v) is 5.98. The van der Waals surface area contributed by atoms with Crippen molar-refractivity contribution in [1.29, 1.82) is 5.26 Å². The Bertz CT molecular complexity index is 485. The molecular weight excluding hydrogens is 275 g/mol. The van der Waals surface area contributed by atoms with Crippen molar-refractivity contribution in [3.63, 3.8) is 0 Å². The number of carboxylic acid groups (broad SMARTS) is 1. The van der Waals surface area contributed by atoms with Crippen molar-refractivity contribution < 1.29 is 9.90 Å². The normalized spacial score (nSPS) is 12.2. The van der Waals surface area contributed by atoms with Gasteiger partial charge in [0.25, 0.3) is 0 Å². The highest BCUT2D eigenvalue weighted by Gasteiger charge is 2.20. The van der Waals surface area contributed by atoms with Crippen molar-refractivity contribution in [2.24, 2.45) is 0 Å². The third-order valence-electron chi connectivity index (χ3n) is 2.52. The molecule has 0 saturated heterocycles. The molecule has 1 aromatic carbocycles. The van der Waals surface area contributed by atoms with Gasteiger partial charge in [0.2, 0.25) is 0 Å². The Morgan fingerprint density at radius 1 is 1.56 bits per heavy atom. The minimum Gasteiger partial charge on any atom is -0.481 e. The smallest absolute Gasteiger partial charge is 0.304 e. The molecule has 0 aromatic heterocycles. The monoisotopic (exact) mass is 286 g/mol. The van der Waals surface area contributed by atoms with Crippen molar-refractivity contribution in [2.45, 2.75) is 12.5 Å². The molecule has 0 aliphatic rings. The summed E-state index contributed by atoms with van der Waals surface area (Å²) in [4.78, 5) is 12.1. The Morgan fingerprint density at radius 2 is 2.22 bits per heavy atom. The molecule has 96 valence electrons. The first-order valence-electron chi connectivity index (χ1n) is 5.23. The topological polar surface area (TPSA) is 64.3 Å². The van der Waals surface area contributed by atoms with Crippen molar-refractivity contribution in [2.75, 3.05) is 13.6 Å². The number of halogens is 2. The quantitative estimate of drug-likeness (QED) is 0.904. The van der Waals surface area contributed by atoms with E-state index in [1.165, 1.54) is 0 Å². The fraction of sp³-hybridized carbons (Fsp3) is 0.333. The van der Waals surface area contributed by atoms with Crippen molar-refractivity contribution in [1.82, 2.24) is 4.90 Å². The lowest BCUT2D eigenvalue weighted by Crippen LogP contribution is -2.26. The maximum absolute atomic E-state index is 10.5. The fourth-order valence-corrected chi connectivity index (χ4v) is 1.95. The first kappa shape index (κ1) is 14.8. The van der Waals surface area contributed by atoms with E-state index in [-0.39, 0.29) is 13.0 Å². The van der Waals surface area contributed by atoms with E-state index in [4.69, 9.17) is 28.3 Å². The van der Waals surface area contributed by atoms with Gasteiger partial charge >= 0.3 is 5.97 Å². The summed E-state index contributed by atoms with van der Waals surface area (Å²) in [5, 5.41) is 18.5. The molecule has 0 amide bonds. The minimum absolute atomic E-state index is 0.0349. The van der Waals surface area contributed by atoms with Gasteiger partial charge in [-0.3, -0.25) is 9.69 Å². The van der Waals surface area contributed by atoms with Crippen LogP contribution in [0.2, 0.25) is 10.0 Å². The van der Waals surface area contributed by atoms with Crippen LogP contribution in [0.15, 0.2) is 18.2 Å². The molecule has 1 aromatic rings. The fourth-order valence-electron chi connectivity index (χ4n) is 1.54. The lowest BCUT2D eigenvalue weighted by atomic mass is 10.1. The summed E-state index contributed by atoms with van der Waals surface area (Å²) in [5.41, 5.74) is 0.583. The molecule has 18 heavy (non-hydrogen) atoms. The second-order valence-corrected chi connectivity index (χ2v) is 4.58. The molecule has 1 N–H and O–H groups in total. The summed E-state index contributed by atoms with van der Waals surface area (Å²) >= 11 is 11.9. The van der Waals surface area contributed by atoms with Gasteiger partial charge < -0.3 is 5.11 Å². The third kappa shape index (κ3) is 3.61. The molecule has 0 radical (unpaired) electrons. The van der Waals surface area contributed by atoms with Gasteiger partial charge in [-0.15, -0.1) is 0 Å². The summed E-state index contributed by atoms with van der Waals surface area (Å²) in [7, 11) is 1.67. The van der Waals surface area contributed by atoms with Gasteiger partial charge in [0.05, 0.1) is 22.5 Å². The van der Waals surface area contributed by atoms with E-state index in [2.05, 4.69) is 6.07 Å². The molecule has 0 aliphatic carbocycles. The summed E-state index contributed by atoms with van der Waals surface area (Å²) in [6.07, 6.45) is -0.0349. The van der Waals surface area contributed by atoms with Crippen molar-refractivity contribution in [3.05, 3.63) is 33.8 Å². The average Bonchev–Trinajstić information content (AvgIpc) is 2.32. The van der Waals surface area contributed by atoms with Crippen LogP contribution in [-0.2, 0) is 4.79 Å². The van der Waals surface area contributed by atoms with E-state index in [9.17, 15) is 10.1 Å². The Morgan fingerprint density at radius 3 is 2.78 bits per heavy atom. The number of nitriles is 1. The van der Waals surface area contributed by atoms with Crippen molar-refractivity contribution in [3.8, 4) is 6.07 Å². The lowest BCUT2D eigenvalue weighted by Gasteiger charge is -2.23. The molecule has 6 heteroatoms. The molecule has 0 spiro atoms. The van der Waals surface area contributed by atoms with E-state index in [1.807, 2.05) is 0 Å². The van der Waals surface area contributed by atoms with E-state index >= 15 is 0 Å². The van der Waals surface area contributed by atoms with E-state index in [0.29, 0.717) is 15.6 Å². The summed E-state index contributed by atoms with van der Waals surface area (Å²) < 4.78 is 0. The van der Waals surface area contributed by atoms with Crippen LogP contribution in [0, 0.1) is 11.3 Å². The number of carboxylic acids is 1. The van der Waals surface area contributed by atoms with Gasteiger partial charge in [-0.1, -0.05) is 35.3 Å². The highest BCUT2D eigenvalue weighted by molar-refractivity contribution is 6.42. The van der Waals surface area contributed by atoms with Crippen LogP contribution in [0.3, 0.4) is 0 Å². The van der Waals surface area contributed by atoms with Crippen LogP contribution in [0.25, 0.3) is 0 Å². The van der Waals surface area contributed by atoms with Crippen LogP contribution < -0.4 is 0 Å². The molecular formula is C12H12Cl2N2O2. The molecule has 1 unspecified atom stereocenters. The number of aliphatic carboxylic acids is 1. The number of carbonyl (C=O) groups is 1. The highest BCUT2D eigenvalue weighted by Crippen LogP contribution is 2.31. The maximum atomic E-state index is 10.5. The van der Waals surface area contributed by atoms with Gasteiger partial charge in [-0.25, -0.2) is 0 Å². The maximum Gasteiger partial charge on any atom is 0.304 e. The molecule has 0 heterocycles. The molecule has 0 fully saturated rings. The summed E-state index contributed by atoms with van der Waals surface area (Å²) in [5.74, 6) is -0.907. The Balaban J connectivity index is 2.93. The molecule has 1 atom stereocenters. The molecule has 1 rings (SSSR count). The Labute approximate surface area is 115 Å². The van der Waals surface area contributed by atoms with Gasteiger partial charge in [0, 0.05) is 12.1 Å². The summed E-state index contributed by atoms with van der Waals surface area (Å²) in [6, 6.07) is 6.54. The molecule has 4 nitrogen and oxygen atoms in total. The number of hydrogen-bond donors (Lipinski definition) is 1. The van der Waals surface area contributed by atoms with Crippen LogP contribution in [-0.4, -0.2) is 29.6 Å². The Kier molecular flexibility index (Phi) is 5.42. The van der Waals surface area contributed by atoms with Crippen molar-refractivity contribution >= 4 is 29.2 Å². The van der Waals surface area contributed by atoms with Crippen LogP contribution >= 0.6 is 23.2 Å². The lowest BCUT2D eigenvalue weighted by molar-refractivity contribution is -0.137. The number of hydrogen-bond acceptors (Lipinski definition) is 3. The zero-order valence-corrected chi connectivity index (χ0v) is 11.2. The van der Waals surface area contributed by atoms with Gasteiger partial charge in [-0.2, -0.15) is 5.26 Å². The van der Waals surface area contributed by atoms with Gasteiger partial charge in [0.1, 0.15) is 6.04 Å². The number of rotatable bonds is 5. The standard InChI is InChI=1S/C12H12Cl2N2O2/c1-16(6-5-11(17)18)10(7-15)8-3-2-4-9(13)12(8)14/h2-4,10H,5-6H2,1H3,(H,17,18). The predicted octanol–water partition coefficient (Wildman–Crippen LogP) is 2.96. The molecule has 0 bridgehead atoms. The van der Waals surface area contributed by atoms with Gasteiger partial charge in [0.15, 0.2) is 0 Å². The number of benzene rings is 1. The molecule has 0 aliphatic heterocycles. The van der Waals surface area contributed by atoms with Crippen LogP contribution in [0.4, 0.5) is 0 Å². The second-order valence-electron chi connectivity index (χ2n) is 3.80. The third-order valence-corrected chi connectivity index (χ3v) is 3.35. The highest BCUT2D eigenvalue weighted by atomic mass is 35.5. The minimum atomic E-state index is -0.907. The van der Waals surface area contributed by atoms with E-state index < -0.39 is 12.0 Å². The Hall–Kier alpha value is -1.28. The average molecular weight is 287 g/mol. The number of nitrogens with zero attached hydrogens (tertiary/aromatic N) is 2. The summed E-state index contributed by atoms with van der Waals surface area (Å²) in [6.45, 7) is 0.260. The predicted molar refractivity (Wildman–Crippen MR) is 69.7 cm³/mol. The second kappa shape index (κ2) is 6.60. The van der Waals surface area contributed by atoms with E-state index in [1.54, 1.807) is 30.1 Å². The first-order chi connectivity index (χ1) is 8.47. The molecule has 0 saturated carbocycles. The SMILES string of the molecule is CN(CCC(=O)O)C(C#N)c1cccc(Cl)c1Cl. The van der Waals surface area contributed by atoms with Crippen LogP contribution in [0.5, 0.6) is 0 Å². The van der Waals surface area contributed by atoms with Gasteiger partial charge in [-0.05, 0) is 13.1 Å².